The maximum atomic E-state index is 13.9. The molecule has 0 atom stereocenters. The molecule has 29 heavy (non-hydrogen) atoms. The zero-order chi connectivity index (χ0) is 21.0. The second kappa shape index (κ2) is 8.90. The first-order valence-electron chi connectivity index (χ1n) is 9.53. The summed E-state index contributed by atoms with van der Waals surface area (Å²) in [6.07, 6.45) is 0.863. The van der Waals surface area contributed by atoms with Gasteiger partial charge in [-0.05, 0) is 48.7 Å². The highest BCUT2D eigenvalue weighted by Gasteiger charge is 2.17. The highest BCUT2D eigenvalue weighted by Crippen LogP contribution is 2.34. The standard InChI is InChI=1S/C23H25FN2O3/c1-14(2)9-10-25-23(27)19-13-21(26-20-8-5-15(24)11-18(19)20)17-7-6-16(28-3)12-22(17)29-4/h5-8,11-14H,9-10H2,1-4H3,(H,25,27). The maximum absolute atomic E-state index is 13.9. The lowest BCUT2D eigenvalue weighted by Crippen LogP contribution is -2.25. The van der Waals surface area contributed by atoms with Gasteiger partial charge in [0.2, 0.25) is 0 Å². The molecule has 0 bridgehead atoms. The molecule has 3 rings (SSSR count). The number of nitrogens with one attached hydrogen (secondary N) is 1. The Morgan fingerprint density at radius 2 is 1.90 bits per heavy atom. The Balaban J connectivity index is 2.10. The average molecular weight is 396 g/mol. The van der Waals surface area contributed by atoms with Gasteiger partial charge in [0.15, 0.2) is 0 Å². The number of aromatic nitrogens is 1. The number of methoxy groups -OCH3 is 2. The average Bonchev–Trinajstić information content (AvgIpc) is 2.72. The third-order valence-electron chi connectivity index (χ3n) is 4.71. The van der Waals surface area contributed by atoms with Gasteiger partial charge in [0.1, 0.15) is 17.3 Å². The Morgan fingerprint density at radius 1 is 1.10 bits per heavy atom. The van der Waals surface area contributed by atoms with Crippen LogP contribution in [0.3, 0.4) is 0 Å². The number of pyridine rings is 1. The molecule has 1 heterocycles. The highest BCUT2D eigenvalue weighted by molar-refractivity contribution is 6.07. The van der Waals surface area contributed by atoms with E-state index in [0.717, 1.165) is 12.0 Å². The van der Waals surface area contributed by atoms with Crippen molar-refractivity contribution >= 4 is 16.8 Å². The van der Waals surface area contributed by atoms with Gasteiger partial charge in [0.25, 0.3) is 5.91 Å². The van der Waals surface area contributed by atoms with Crippen LogP contribution in [0.1, 0.15) is 30.6 Å². The lowest BCUT2D eigenvalue weighted by atomic mass is 10.0. The summed E-state index contributed by atoms with van der Waals surface area (Å²) in [4.78, 5) is 17.5. The minimum atomic E-state index is -0.412. The summed E-state index contributed by atoms with van der Waals surface area (Å²) in [5.74, 6) is 1.04. The summed E-state index contributed by atoms with van der Waals surface area (Å²) in [6, 6.07) is 11.3. The van der Waals surface area contributed by atoms with Crippen LogP contribution < -0.4 is 14.8 Å². The molecule has 2 aromatic carbocycles. The van der Waals surface area contributed by atoms with Gasteiger partial charge < -0.3 is 14.8 Å². The minimum absolute atomic E-state index is 0.252. The third kappa shape index (κ3) is 4.65. The number of rotatable bonds is 7. The SMILES string of the molecule is COc1ccc(-c2cc(C(=O)NCCC(C)C)c3cc(F)ccc3n2)c(OC)c1. The molecule has 0 saturated heterocycles. The van der Waals surface area contributed by atoms with Crippen molar-refractivity contribution in [3.8, 4) is 22.8 Å². The summed E-state index contributed by atoms with van der Waals surface area (Å²) < 4.78 is 24.6. The number of benzene rings is 2. The van der Waals surface area contributed by atoms with Crippen LogP contribution in [0.5, 0.6) is 11.5 Å². The van der Waals surface area contributed by atoms with E-state index in [-0.39, 0.29) is 5.91 Å². The summed E-state index contributed by atoms with van der Waals surface area (Å²) in [6.45, 7) is 4.74. The van der Waals surface area contributed by atoms with Crippen molar-refractivity contribution in [2.45, 2.75) is 20.3 Å². The van der Waals surface area contributed by atoms with Gasteiger partial charge in [-0.15, -0.1) is 0 Å². The molecule has 6 heteroatoms. The molecule has 3 aromatic rings. The van der Waals surface area contributed by atoms with Crippen LogP contribution in [0.25, 0.3) is 22.2 Å². The quantitative estimate of drug-likeness (QED) is 0.621. The Kier molecular flexibility index (Phi) is 6.32. The third-order valence-corrected chi connectivity index (χ3v) is 4.71. The number of ether oxygens (including phenoxy) is 2. The van der Waals surface area contributed by atoms with E-state index in [9.17, 15) is 9.18 Å². The second-order valence-electron chi connectivity index (χ2n) is 7.22. The van der Waals surface area contributed by atoms with Gasteiger partial charge >= 0.3 is 0 Å². The molecule has 0 aliphatic heterocycles. The summed E-state index contributed by atoms with van der Waals surface area (Å²) in [5, 5.41) is 3.40. The van der Waals surface area contributed by atoms with Crippen molar-refractivity contribution in [1.82, 2.24) is 10.3 Å². The smallest absolute Gasteiger partial charge is 0.252 e. The first kappa shape index (κ1) is 20.6. The van der Waals surface area contributed by atoms with Crippen molar-refractivity contribution in [2.24, 2.45) is 5.92 Å². The Hall–Kier alpha value is -3.15. The zero-order valence-electron chi connectivity index (χ0n) is 17.1. The topological polar surface area (TPSA) is 60.5 Å². The van der Waals surface area contributed by atoms with Crippen LogP contribution in [-0.4, -0.2) is 31.7 Å². The molecule has 0 radical (unpaired) electrons. The van der Waals surface area contributed by atoms with Crippen LogP contribution in [0.2, 0.25) is 0 Å². The molecule has 1 aromatic heterocycles. The largest absolute Gasteiger partial charge is 0.497 e. The number of fused-ring (bicyclic) bond motifs is 1. The fourth-order valence-corrected chi connectivity index (χ4v) is 3.10. The molecule has 0 unspecified atom stereocenters. The normalized spacial score (nSPS) is 11.0. The van der Waals surface area contributed by atoms with Crippen molar-refractivity contribution in [2.75, 3.05) is 20.8 Å². The zero-order valence-corrected chi connectivity index (χ0v) is 17.1. The van der Waals surface area contributed by atoms with Gasteiger partial charge in [-0.1, -0.05) is 13.8 Å². The minimum Gasteiger partial charge on any atom is -0.497 e. The molecular weight excluding hydrogens is 371 g/mol. The molecule has 0 spiro atoms. The second-order valence-corrected chi connectivity index (χ2v) is 7.22. The monoisotopic (exact) mass is 396 g/mol. The van der Waals surface area contributed by atoms with Crippen molar-refractivity contribution in [3.63, 3.8) is 0 Å². The van der Waals surface area contributed by atoms with Gasteiger partial charge in [-0.2, -0.15) is 0 Å². The van der Waals surface area contributed by atoms with E-state index in [4.69, 9.17) is 9.47 Å². The predicted molar refractivity (Wildman–Crippen MR) is 112 cm³/mol. The number of nitrogens with zero attached hydrogens (tertiary/aromatic N) is 1. The summed E-state index contributed by atoms with van der Waals surface area (Å²) in [7, 11) is 3.14. The molecule has 0 fully saturated rings. The van der Waals surface area contributed by atoms with Crippen LogP contribution in [-0.2, 0) is 0 Å². The Bertz CT molecular complexity index is 1030. The molecule has 5 nitrogen and oxygen atoms in total. The lowest BCUT2D eigenvalue weighted by Gasteiger charge is -2.14. The van der Waals surface area contributed by atoms with Crippen molar-refractivity contribution < 1.29 is 18.7 Å². The molecule has 152 valence electrons. The first-order chi connectivity index (χ1) is 13.9. The van der Waals surface area contributed by atoms with Crippen LogP contribution in [0, 0.1) is 11.7 Å². The number of hydrogen-bond acceptors (Lipinski definition) is 4. The number of carbonyl (C=O) groups is 1. The number of halogens is 1. The van der Waals surface area contributed by atoms with Crippen molar-refractivity contribution in [3.05, 3.63) is 53.8 Å². The van der Waals surface area contributed by atoms with Gasteiger partial charge in [-0.25, -0.2) is 9.37 Å². The van der Waals surface area contributed by atoms with Gasteiger partial charge in [0.05, 0.1) is 31.0 Å². The van der Waals surface area contributed by atoms with Gasteiger partial charge in [0, 0.05) is 23.6 Å². The van der Waals surface area contributed by atoms with E-state index in [1.54, 1.807) is 38.5 Å². The Labute approximate surface area is 169 Å². The van der Waals surface area contributed by atoms with E-state index < -0.39 is 5.82 Å². The molecule has 0 aliphatic rings. The fourth-order valence-electron chi connectivity index (χ4n) is 3.10. The van der Waals surface area contributed by atoms with Crippen LogP contribution in [0.4, 0.5) is 4.39 Å². The molecular formula is C23H25FN2O3. The van der Waals surface area contributed by atoms with Crippen LogP contribution in [0.15, 0.2) is 42.5 Å². The summed E-state index contributed by atoms with van der Waals surface area (Å²) in [5.41, 5.74) is 2.20. The number of hydrogen-bond donors (Lipinski definition) is 1. The Morgan fingerprint density at radius 3 is 2.59 bits per heavy atom. The van der Waals surface area contributed by atoms with Crippen LogP contribution >= 0.6 is 0 Å². The first-order valence-corrected chi connectivity index (χ1v) is 9.53. The van der Waals surface area contributed by atoms with Crippen molar-refractivity contribution in [1.29, 1.82) is 0 Å². The maximum Gasteiger partial charge on any atom is 0.252 e. The van der Waals surface area contributed by atoms with E-state index in [2.05, 4.69) is 24.1 Å². The van der Waals surface area contributed by atoms with E-state index in [0.29, 0.717) is 46.1 Å². The molecule has 1 amide bonds. The van der Waals surface area contributed by atoms with E-state index in [1.807, 2.05) is 6.07 Å². The highest BCUT2D eigenvalue weighted by atomic mass is 19.1. The van der Waals surface area contributed by atoms with E-state index in [1.165, 1.54) is 12.1 Å². The fraction of sp³-hybridized carbons (Fsp3) is 0.304. The number of carbonyl (C=O) groups excluding carboxylic acids is 1. The number of amides is 1. The molecule has 1 N–H and O–H groups in total. The predicted octanol–water partition coefficient (Wildman–Crippen LogP) is 4.83. The lowest BCUT2D eigenvalue weighted by molar-refractivity contribution is 0.0953. The van der Waals surface area contributed by atoms with E-state index >= 15 is 0 Å². The molecule has 0 saturated carbocycles. The van der Waals surface area contributed by atoms with Gasteiger partial charge in [-0.3, -0.25) is 4.79 Å². The molecule has 0 aliphatic carbocycles. The summed E-state index contributed by atoms with van der Waals surface area (Å²) >= 11 is 0.